The third-order valence-corrected chi connectivity index (χ3v) is 10.1. The van der Waals surface area contributed by atoms with E-state index in [1.807, 2.05) is 12.1 Å². The number of phenols is 1. The van der Waals surface area contributed by atoms with Gasteiger partial charge < -0.3 is 19.5 Å². The number of halogens is 1. The molecule has 39 heavy (non-hydrogen) atoms. The highest BCUT2D eigenvalue weighted by Gasteiger charge is 2.57. The molecule has 0 aromatic heterocycles. The third kappa shape index (κ3) is 5.55. The molecule has 0 bridgehead atoms. The van der Waals surface area contributed by atoms with Gasteiger partial charge in [-0.15, -0.1) is 0 Å². The maximum Gasteiger partial charge on any atom is 0.455 e. The number of nitrogens with zero attached hydrogens (tertiary/aromatic N) is 1. The molecular weight excluding hydrogens is 608 g/mol. The van der Waals surface area contributed by atoms with Crippen molar-refractivity contribution in [2.24, 2.45) is 17.8 Å². The molecule has 2 saturated heterocycles. The molecule has 9 heteroatoms. The monoisotopic (exact) mass is 647 g/mol. The maximum atomic E-state index is 13.8. The molecule has 1 aromatic carbocycles. The molecule has 210 valence electrons. The van der Waals surface area contributed by atoms with Gasteiger partial charge in [-0.05, 0) is 104 Å². The van der Waals surface area contributed by atoms with Gasteiger partial charge in [-0.2, -0.15) is 0 Å². The van der Waals surface area contributed by atoms with Gasteiger partial charge in [-0.3, -0.25) is 14.5 Å². The van der Waals surface area contributed by atoms with E-state index in [-0.39, 0.29) is 47.5 Å². The number of phenolic OH excluding ortho intramolecular Hbond substituents is 1. The Bertz CT molecular complexity index is 1190. The number of carbonyl (C=O) groups excluding carboxylic acids is 2. The van der Waals surface area contributed by atoms with Crippen LogP contribution in [0.2, 0.25) is 6.32 Å². The maximum absolute atomic E-state index is 13.8. The molecule has 0 radical (unpaired) electrons. The summed E-state index contributed by atoms with van der Waals surface area (Å²) in [5.74, 6) is -0.277. The molecule has 1 aromatic rings. The molecule has 1 saturated carbocycles. The van der Waals surface area contributed by atoms with Crippen LogP contribution in [-0.4, -0.2) is 53.2 Å². The van der Waals surface area contributed by atoms with Crippen LogP contribution in [0, 0.1) is 21.3 Å². The van der Waals surface area contributed by atoms with Crippen LogP contribution >= 0.6 is 22.6 Å². The number of hydrogen-bond donors (Lipinski definition) is 2. The fourth-order valence-electron chi connectivity index (χ4n) is 7.38. The number of allylic oxidation sites excluding steroid dienone is 2. The van der Waals surface area contributed by atoms with Gasteiger partial charge in [0.1, 0.15) is 0 Å². The molecule has 2 heterocycles. The van der Waals surface area contributed by atoms with E-state index >= 15 is 0 Å². The lowest BCUT2D eigenvalue weighted by Gasteiger charge is -2.42. The van der Waals surface area contributed by atoms with Crippen molar-refractivity contribution in [3.8, 4) is 11.5 Å². The van der Waals surface area contributed by atoms with Crippen LogP contribution in [0.1, 0.15) is 77.2 Å². The molecule has 2 aliphatic carbocycles. The lowest BCUT2D eigenvalue weighted by Crippen LogP contribution is -2.46. The second-order valence-corrected chi connectivity index (χ2v) is 12.7. The zero-order valence-corrected chi connectivity index (χ0v) is 25.3. The third-order valence-electron chi connectivity index (χ3n) is 9.25. The molecule has 5 rings (SSSR count). The Morgan fingerprint density at radius 3 is 2.64 bits per heavy atom. The number of hydrogen-bond acceptors (Lipinski definition) is 6. The Hall–Kier alpha value is -1.85. The predicted octanol–water partition coefficient (Wildman–Crippen LogP) is 5.73. The number of likely N-dealkylation sites (tertiary alicyclic amines) is 1. The van der Waals surface area contributed by atoms with Crippen molar-refractivity contribution in [1.29, 1.82) is 0 Å². The van der Waals surface area contributed by atoms with Crippen molar-refractivity contribution in [3.63, 3.8) is 0 Å². The Labute approximate surface area is 245 Å². The molecule has 4 atom stereocenters. The van der Waals surface area contributed by atoms with Gasteiger partial charge in [0, 0.05) is 6.04 Å². The van der Waals surface area contributed by atoms with E-state index < -0.39 is 7.12 Å². The minimum Gasteiger partial charge on any atom is -0.504 e. The average Bonchev–Trinajstić information content (AvgIpc) is 3.17. The van der Waals surface area contributed by atoms with Crippen LogP contribution in [0.25, 0.3) is 6.08 Å². The van der Waals surface area contributed by atoms with Crippen molar-refractivity contribution in [2.75, 3.05) is 7.11 Å². The first-order valence-electron chi connectivity index (χ1n) is 14.4. The minimum atomic E-state index is -0.945. The molecule has 0 spiro atoms. The first-order valence-corrected chi connectivity index (χ1v) is 15.5. The first-order chi connectivity index (χ1) is 18.7. The number of carbonyl (C=O) groups is 2. The van der Waals surface area contributed by atoms with Gasteiger partial charge in [0.25, 0.3) is 0 Å². The van der Waals surface area contributed by atoms with E-state index in [0.29, 0.717) is 24.9 Å². The fraction of sp³-hybridized carbons (Fsp3) is 0.600. The van der Waals surface area contributed by atoms with Gasteiger partial charge in [0.15, 0.2) is 11.5 Å². The van der Waals surface area contributed by atoms with Crippen molar-refractivity contribution >= 4 is 47.6 Å². The van der Waals surface area contributed by atoms with Gasteiger partial charge >= 0.3 is 7.12 Å². The van der Waals surface area contributed by atoms with Gasteiger partial charge in [0.2, 0.25) is 11.8 Å². The SMILES string of the molecule is CC/C(=C\c1cc(I)c(O)c(OC)c1)CC[C@H]1OB(O)C[C@H]2C1=C(C)C[C@H]1C(=O)N(C3CCCCC3)C(=O)[C@H]12. The van der Waals surface area contributed by atoms with E-state index in [4.69, 9.17) is 9.39 Å². The number of ether oxygens (including phenoxy) is 1. The molecule has 2 amide bonds. The molecule has 2 N–H and O–H groups in total. The second kappa shape index (κ2) is 11.9. The lowest BCUT2D eigenvalue weighted by molar-refractivity contribution is -0.143. The smallest absolute Gasteiger partial charge is 0.455 e. The number of aromatic hydroxyl groups is 1. The topological polar surface area (TPSA) is 96.3 Å². The number of methoxy groups -OCH3 is 1. The molecule has 7 nitrogen and oxygen atoms in total. The lowest BCUT2D eigenvalue weighted by atomic mass is 9.58. The van der Waals surface area contributed by atoms with E-state index in [2.05, 4.69) is 42.5 Å². The van der Waals surface area contributed by atoms with Gasteiger partial charge in [0.05, 0.1) is 28.6 Å². The summed E-state index contributed by atoms with van der Waals surface area (Å²) in [5, 5.41) is 20.9. The summed E-state index contributed by atoms with van der Waals surface area (Å²) < 4.78 is 12.2. The van der Waals surface area contributed by atoms with E-state index in [9.17, 15) is 19.7 Å². The Morgan fingerprint density at radius 1 is 1.21 bits per heavy atom. The average molecular weight is 647 g/mol. The van der Waals surface area contributed by atoms with Crippen LogP contribution < -0.4 is 4.74 Å². The molecule has 3 fully saturated rings. The Balaban J connectivity index is 1.36. The molecular formula is C30H39BINO6. The van der Waals surface area contributed by atoms with Crippen molar-refractivity contribution in [2.45, 2.75) is 90.1 Å². The number of benzene rings is 1. The Morgan fingerprint density at radius 2 is 1.95 bits per heavy atom. The van der Waals surface area contributed by atoms with Crippen LogP contribution in [-0.2, 0) is 14.2 Å². The van der Waals surface area contributed by atoms with E-state index in [1.165, 1.54) is 12.0 Å². The molecule has 4 aliphatic rings. The largest absolute Gasteiger partial charge is 0.504 e. The highest BCUT2D eigenvalue weighted by molar-refractivity contribution is 14.1. The fourth-order valence-corrected chi connectivity index (χ4v) is 8.00. The van der Waals surface area contributed by atoms with Gasteiger partial charge in [-0.1, -0.05) is 43.4 Å². The summed E-state index contributed by atoms with van der Waals surface area (Å²) in [4.78, 5) is 28.9. The predicted molar refractivity (Wildman–Crippen MR) is 159 cm³/mol. The highest BCUT2D eigenvalue weighted by Crippen LogP contribution is 2.51. The van der Waals surface area contributed by atoms with Crippen molar-refractivity contribution in [1.82, 2.24) is 4.90 Å². The summed E-state index contributed by atoms with van der Waals surface area (Å²) in [6.45, 7) is 4.20. The van der Waals surface area contributed by atoms with E-state index in [0.717, 1.165) is 58.8 Å². The summed E-state index contributed by atoms with van der Waals surface area (Å²) in [6, 6.07) is 3.80. The van der Waals surface area contributed by atoms with Crippen LogP contribution in [0.15, 0.2) is 28.9 Å². The zero-order valence-electron chi connectivity index (χ0n) is 23.1. The Kier molecular flexibility index (Phi) is 8.78. The standard InChI is InChI=1S/C30H39BINO6/c1-4-18(13-19-14-23(32)28(34)25(15-19)38-3)10-11-24-26-17(2)12-21-27(22(26)16-31(37)39-24)30(36)33(29(21)35)20-8-6-5-7-9-20/h13-15,20-22,24,27,34,37H,4-12,16H2,1-3H3/b18-13+/t21-,22+,24-,27-/m1/s1. The van der Waals surface area contributed by atoms with Crippen LogP contribution in [0.4, 0.5) is 0 Å². The van der Waals surface area contributed by atoms with Crippen molar-refractivity contribution < 1.29 is 29.1 Å². The van der Waals surface area contributed by atoms with Crippen LogP contribution in [0.3, 0.4) is 0 Å². The second-order valence-electron chi connectivity index (χ2n) is 11.6. The highest BCUT2D eigenvalue weighted by atomic mass is 127. The summed E-state index contributed by atoms with van der Waals surface area (Å²) in [6.07, 6.45) is 10.3. The van der Waals surface area contributed by atoms with Crippen molar-refractivity contribution in [3.05, 3.63) is 38.0 Å². The summed E-state index contributed by atoms with van der Waals surface area (Å²) >= 11 is 2.10. The minimum absolute atomic E-state index is 0.00277. The molecule has 2 aliphatic heterocycles. The first kappa shape index (κ1) is 28.7. The van der Waals surface area contributed by atoms with E-state index in [1.54, 1.807) is 12.0 Å². The van der Waals surface area contributed by atoms with Crippen LogP contribution in [0.5, 0.6) is 11.5 Å². The zero-order chi connectivity index (χ0) is 27.8. The number of rotatable bonds is 7. The summed E-state index contributed by atoms with van der Waals surface area (Å²) in [7, 11) is 0.600. The quantitative estimate of drug-likeness (QED) is 0.170. The normalized spacial score (nSPS) is 28.2. The van der Waals surface area contributed by atoms with Gasteiger partial charge in [-0.25, -0.2) is 0 Å². The number of amides is 2. The number of imide groups is 1. The molecule has 0 unspecified atom stereocenters. The number of fused-ring (bicyclic) bond motifs is 3. The summed E-state index contributed by atoms with van der Waals surface area (Å²) in [5.41, 5.74) is 4.46.